The number of aliphatic hydroxyl groups is 1. The summed E-state index contributed by atoms with van der Waals surface area (Å²) < 4.78 is 5.10. The topological polar surface area (TPSA) is 96.5 Å². The molecule has 1 aromatic carbocycles. The highest BCUT2D eigenvalue weighted by molar-refractivity contribution is 6.05. The van der Waals surface area contributed by atoms with Gasteiger partial charge in [-0.1, -0.05) is 30.3 Å². The summed E-state index contributed by atoms with van der Waals surface area (Å²) in [5, 5.41) is 10.0. The highest BCUT2D eigenvalue weighted by Gasteiger charge is 2.28. The molecule has 0 unspecified atom stereocenters. The second-order valence-corrected chi connectivity index (χ2v) is 5.94. The highest BCUT2D eigenvalue weighted by Crippen LogP contribution is 2.21. The number of aromatic nitrogens is 1. The van der Waals surface area contributed by atoms with E-state index in [4.69, 9.17) is 4.74 Å². The van der Waals surface area contributed by atoms with Gasteiger partial charge >= 0.3 is 5.97 Å². The van der Waals surface area contributed by atoms with Gasteiger partial charge in [0.2, 0.25) is 5.78 Å². The van der Waals surface area contributed by atoms with Gasteiger partial charge < -0.3 is 14.8 Å². The molecule has 0 aliphatic rings. The molecule has 0 bridgehead atoms. The van der Waals surface area contributed by atoms with Gasteiger partial charge in [-0.3, -0.25) is 9.59 Å². The molecule has 1 aromatic heterocycles. The average molecular weight is 343 g/mol. The third-order valence-electron chi connectivity index (χ3n) is 4.04. The lowest BCUT2D eigenvalue weighted by molar-refractivity contribution is -0.156. The van der Waals surface area contributed by atoms with E-state index >= 15 is 0 Å². The second-order valence-electron chi connectivity index (χ2n) is 5.94. The molecule has 0 aliphatic heterocycles. The van der Waals surface area contributed by atoms with Gasteiger partial charge in [0.25, 0.3) is 0 Å². The number of ketones is 2. The minimum Gasteiger partial charge on any atom is -0.452 e. The number of carbonyl (C=O) groups is 3. The molecule has 0 aliphatic carbocycles. The van der Waals surface area contributed by atoms with Crippen LogP contribution >= 0.6 is 0 Å². The number of H-pyrrole nitrogens is 1. The van der Waals surface area contributed by atoms with Crippen LogP contribution in [0.3, 0.4) is 0 Å². The van der Waals surface area contributed by atoms with E-state index in [1.54, 1.807) is 44.2 Å². The maximum absolute atomic E-state index is 12.5. The zero-order valence-electron chi connectivity index (χ0n) is 14.6. The Bertz CT molecular complexity index is 807. The fraction of sp³-hybridized carbons (Fsp3) is 0.316. The van der Waals surface area contributed by atoms with E-state index in [9.17, 15) is 19.5 Å². The number of aromatic amines is 1. The number of ether oxygens (including phenoxy) is 1. The van der Waals surface area contributed by atoms with Crippen LogP contribution in [0.5, 0.6) is 0 Å². The Morgan fingerprint density at radius 2 is 1.72 bits per heavy atom. The number of esters is 1. The smallest absolute Gasteiger partial charge is 0.340 e. The van der Waals surface area contributed by atoms with Crippen molar-refractivity contribution in [3.8, 4) is 0 Å². The SMILES string of the molecule is CC(=O)c1c(C)[nH]c(C(=O)[C@@H](C)OC(=O)[C@@H](O)c2ccccc2)c1C. The van der Waals surface area contributed by atoms with Gasteiger partial charge in [0, 0.05) is 11.3 Å². The van der Waals surface area contributed by atoms with Crippen molar-refractivity contribution in [1.82, 2.24) is 4.98 Å². The fourth-order valence-corrected chi connectivity index (χ4v) is 2.79. The molecule has 0 saturated carbocycles. The number of hydrogen-bond donors (Lipinski definition) is 2. The number of rotatable bonds is 6. The molecule has 25 heavy (non-hydrogen) atoms. The maximum atomic E-state index is 12.5. The standard InChI is InChI=1S/C19H21NO5/c1-10-15(12(3)21)11(2)20-16(10)17(22)13(4)25-19(24)18(23)14-8-6-5-7-9-14/h5-9,13,18,20,23H,1-4H3/t13-,18+/m1/s1. The molecule has 0 spiro atoms. The minimum absolute atomic E-state index is 0.144. The summed E-state index contributed by atoms with van der Waals surface area (Å²) in [5.41, 5.74) is 2.21. The van der Waals surface area contributed by atoms with Crippen LogP contribution in [0.2, 0.25) is 0 Å². The zero-order chi connectivity index (χ0) is 18.7. The number of hydrogen-bond acceptors (Lipinski definition) is 5. The summed E-state index contributed by atoms with van der Waals surface area (Å²) >= 11 is 0. The molecule has 132 valence electrons. The molecule has 6 nitrogen and oxygen atoms in total. The summed E-state index contributed by atoms with van der Waals surface area (Å²) in [6.45, 7) is 6.23. The van der Waals surface area contributed by atoms with E-state index in [-0.39, 0.29) is 11.5 Å². The van der Waals surface area contributed by atoms with Crippen molar-refractivity contribution >= 4 is 17.5 Å². The van der Waals surface area contributed by atoms with Crippen LogP contribution in [0, 0.1) is 13.8 Å². The van der Waals surface area contributed by atoms with E-state index in [1.807, 2.05) is 0 Å². The van der Waals surface area contributed by atoms with Crippen LogP contribution in [-0.4, -0.2) is 33.7 Å². The van der Waals surface area contributed by atoms with Gasteiger partial charge in [0.1, 0.15) is 0 Å². The summed E-state index contributed by atoms with van der Waals surface area (Å²) in [4.78, 5) is 39.2. The molecule has 2 aromatic rings. The van der Waals surface area contributed by atoms with Gasteiger partial charge in [-0.25, -0.2) is 4.79 Å². The van der Waals surface area contributed by atoms with Crippen molar-refractivity contribution in [3.05, 3.63) is 58.4 Å². The lowest BCUT2D eigenvalue weighted by Crippen LogP contribution is -2.28. The van der Waals surface area contributed by atoms with Crippen molar-refractivity contribution in [1.29, 1.82) is 0 Å². The highest BCUT2D eigenvalue weighted by atomic mass is 16.6. The Balaban J connectivity index is 2.14. The Labute approximate surface area is 145 Å². The van der Waals surface area contributed by atoms with Gasteiger partial charge in [-0.05, 0) is 38.8 Å². The van der Waals surface area contributed by atoms with E-state index in [0.717, 1.165) is 0 Å². The first-order valence-corrected chi connectivity index (χ1v) is 7.91. The average Bonchev–Trinajstić information content (AvgIpc) is 2.88. The molecule has 2 N–H and O–H groups in total. The molecule has 0 amide bonds. The van der Waals surface area contributed by atoms with E-state index in [0.29, 0.717) is 22.4 Å². The maximum Gasteiger partial charge on any atom is 0.340 e. The lowest BCUT2D eigenvalue weighted by Gasteiger charge is -2.15. The second kappa shape index (κ2) is 7.44. The molecule has 2 atom stereocenters. The van der Waals surface area contributed by atoms with Crippen molar-refractivity contribution < 1.29 is 24.2 Å². The van der Waals surface area contributed by atoms with E-state index in [2.05, 4.69) is 4.98 Å². The largest absolute Gasteiger partial charge is 0.452 e. The number of aryl methyl sites for hydroxylation is 1. The monoisotopic (exact) mass is 343 g/mol. The predicted octanol–water partition coefficient (Wildman–Crippen LogP) is 2.68. The lowest BCUT2D eigenvalue weighted by atomic mass is 10.0. The van der Waals surface area contributed by atoms with Crippen molar-refractivity contribution in [2.75, 3.05) is 0 Å². The molecule has 0 saturated heterocycles. The Hall–Kier alpha value is -2.73. The fourth-order valence-electron chi connectivity index (χ4n) is 2.79. The predicted molar refractivity (Wildman–Crippen MR) is 91.6 cm³/mol. The molecular formula is C19H21NO5. The van der Waals surface area contributed by atoms with Crippen LogP contribution in [0.1, 0.15) is 57.6 Å². The number of benzene rings is 1. The van der Waals surface area contributed by atoms with E-state index in [1.165, 1.54) is 13.8 Å². The van der Waals surface area contributed by atoms with Crippen molar-refractivity contribution in [2.45, 2.75) is 39.9 Å². The van der Waals surface area contributed by atoms with E-state index < -0.39 is 24.0 Å². The van der Waals surface area contributed by atoms with Gasteiger partial charge in [-0.15, -0.1) is 0 Å². The van der Waals surface area contributed by atoms with Crippen molar-refractivity contribution in [2.24, 2.45) is 0 Å². The summed E-state index contributed by atoms with van der Waals surface area (Å²) in [5.74, 6) is -1.50. The third-order valence-corrected chi connectivity index (χ3v) is 4.04. The molecule has 1 heterocycles. The number of nitrogens with one attached hydrogen (secondary N) is 1. The van der Waals surface area contributed by atoms with Crippen LogP contribution in [-0.2, 0) is 9.53 Å². The number of aliphatic hydroxyl groups excluding tert-OH is 1. The Kier molecular flexibility index (Phi) is 5.54. The summed E-state index contributed by atoms with van der Waals surface area (Å²) in [6, 6.07) is 8.33. The summed E-state index contributed by atoms with van der Waals surface area (Å²) in [6.07, 6.45) is -2.56. The molecule has 0 fully saturated rings. The Morgan fingerprint density at radius 3 is 2.24 bits per heavy atom. The van der Waals surface area contributed by atoms with Crippen LogP contribution in [0.25, 0.3) is 0 Å². The summed E-state index contributed by atoms with van der Waals surface area (Å²) in [7, 11) is 0. The molecular weight excluding hydrogens is 322 g/mol. The van der Waals surface area contributed by atoms with Gasteiger partial charge in [0.15, 0.2) is 18.0 Å². The Morgan fingerprint density at radius 1 is 1.12 bits per heavy atom. The van der Waals surface area contributed by atoms with Crippen LogP contribution < -0.4 is 0 Å². The number of carbonyl (C=O) groups excluding carboxylic acids is 3. The molecule has 0 radical (unpaired) electrons. The first-order valence-electron chi connectivity index (χ1n) is 7.91. The van der Waals surface area contributed by atoms with Gasteiger partial charge in [0.05, 0.1) is 5.69 Å². The first-order chi connectivity index (χ1) is 11.7. The van der Waals surface area contributed by atoms with Gasteiger partial charge in [-0.2, -0.15) is 0 Å². The van der Waals surface area contributed by atoms with Crippen LogP contribution in [0.4, 0.5) is 0 Å². The van der Waals surface area contributed by atoms with Crippen molar-refractivity contribution in [3.63, 3.8) is 0 Å². The third kappa shape index (κ3) is 3.85. The first kappa shape index (κ1) is 18.6. The normalized spacial score (nSPS) is 13.2. The van der Waals surface area contributed by atoms with Crippen LogP contribution in [0.15, 0.2) is 30.3 Å². The zero-order valence-corrected chi connectivity index (χ0v) is 14.6. The number of Topliss-reactive ketones (excluding diaryl/α,β-unsaturated/α-hetero) is 2. The molecule has 2 rings (SSSR count). The minimum atomic E-state index is -1.46. The quantitative estimate of drug-likeness (QED) is 0.621. The molecule has 6 heteroatoms.